The third-order valence-corrected chi connectivity index (χ3v) is 22.0. The van der Waals surface area contributed by atoms with Gasteiger partial charge in [0.1, 0.15) is 0 Å². The molecule has 1 rings (SSSR count). The van der Waals surface area contributed by atoms with E-state index in [1.807, 2.05) is 80.4 Å². The summed E-state index contributed by atoms with van der Waals surface area (Å²) in [4.78, 5) is 0. The molecular weight excluding hydrogens is 829 g/mol. The average molecular weight is 872 g/mol. The largest absolute Gasteiger partial charge is 0.178 e. The van der Waals surface area contributed by atoms with E-state index >= 15 is 0 Å². The molecule has 0 aromatic heterocycles. The first-order valence-corrected chi connectivity index (χ1v) is 26.2. The molecule has 0 radical (unpaired) electrons. The summed E-state index contributed by atoms with van der Waals surface area (Å²) in [5, 5.41) is 6.92. The quantitative estimate of drug-likeness (QED) is 0.0200. The first-order chi connectivity index (χ1) is 18.7. The second kappa shape index (κ2) is 26.2. The smallest absolute Gasteiger partial charge is 0.0496 e. The van der Waals surface area contributed by atoms with Gasteiger partial charge in [-0.15, -0.1) is 58.8 Å². The summed E-state index contributed by atoms with van der Waals surface area (Å²) in [6.45, 7) is 0. The minimum atomic E-state index is 0.144. The first kappa shape index (κ1) is 43.3. The Bertz CT molecular complexity index is 595. The zero-order chi connectivity index (χ0) is 29.4. The Labute approximate surface area is 328 Å². The molecule has 0 nitrogen and oxygen atoms in total. The van der Waals surface area contributed by atoms with E-state index < -0.39 is 0 Å². The van der Waals surface area contributed by atoms with Gasteiger partial charge in [0, 0.05) is 89.4 Å². The van der Waals surface area contributed by atoms with Gasteiger partial charge in [-0.3, -0.25) is 0 Å². The number of thioether (sulfide) groups is 5. The minimum Gasteiger partial charge on any atom is -0.178 e. The predicted octanol–water partition coefficient (Wildman–Crippen LogP) is 9.15. The second-order valence-corrected chi connectivity index (χ2v) is 24.5. The molecule has 10 unspecified atom stereocenters. The molecule has 0 aromatic carbocycles. The van der Waals surface area contributed by atoms with Crippen molar-refractivity contribution >= 4 is 219 Å². The topological polar surface area (TPSA) is 0 Å². The maximum Gasteiger partial charge on any atom is 0.0496 e. The molecule has 0 spiro atoms. The summed E-state index contributed by atoms with van der Waals surface area (Å²) in [6.07, 6.45) is 2.01. The third kappa shape index (κ3) is 16.5. The van der Waals surface area contributed by atoms with Crippen LogP contribution in [0.2, 0.25) is 0 Å². The van der Waals surface area contributed by atoms with Crippen LogP contribution in [0, 0.1) is 5.92 Å². The van der Waals surface area contributed by atoms with E-state index in [1.54, 1.807) is 0 Å². The van der Waals surface area contributed by atoms with Gasteiger partial charge in [0.25, 0.3) is 0 Å². The van der Waals surface area contributed by atoms with E-state index in [1.165, 1.54) is 0 Å². The highest BCUT2D eigenvalue weighted by Gasteiger charge is 2.38. The van der Waals surface area contributed by atoms with Gasteiger partial charge >= 0.3 is 0 Å². The second-order valence-electron chi connectivity index (χ2n) is 8.65. The van der Waals surface area contributed by atoms with Crippen molar-refractivity contribution in [2.45, 2.75) is 65.3 Å². The van der Waals surface area contributed by atoms with Gasteiger partial charge in [0.2, 0.25) is 0 Å². The van der Waals surface area contributed by atoms with Crippen LogP contribution in [0.4, 0.5) is 0 Å². The molecular formula is C21H42S18. The van der Waals surface area contributed by atoms with E-state index in [4.69, 9.17) is 50.5 Å². The highest BCUT2D eigenvalue weighted by molar-refractivity contribution is 8.78. The van der Waals surface area contributed by atoms with E-state index in [9.17, 15) is 0 Å². The lowest BCUT2D eigenvalue weighted by Gasteiger charge is -2.39. The van der Waals surface area contributed by atoms with E-state index in [2.05, 4.69) is 88.4 Å². The molecule has 39 heavy (non-hydrogen) atoms. The average Bonchev–Trinajstić information content (AvgIpc) is 2.91. The van der Waals surface area contributed by atoms with Crippen molar-refractivity contribution in [2.75, 3.05) is 42.7 Å². The van der Waals surface area contributed by atoms with Crippen LogP contribution >= 0.6 is 219 Å². The molecule has 1 fully saturated rings. The Morgan fingerprint density at radius 3 is 1.44 bits per heavy atom. The Balaban J connectivity index is 2.75. The van der Waals surface area contributed by atoms with Crippen LogP contribution in [-0.4, -0.2) is 95.2 Å². The SMILES string of the molecule is SCSC(C(S)CS)C(SCS)C(S)CC(S)C(SCS)C(SCS)C(S)CSSCSCC1C(S)CC1S. The molecule has 1 saturated carbocycles. The molecule has 0 saturated heterocycles. The van der Waals surface area contributed by atoms with Crippen LogP contribution in [0.15, 0.2) is 0 Å². The van der Waals surface area contributed by atoms with Crippen molar-refractivity contribution in [3.63, 3.8) is 0 Å². The summed E-state index contributed by atoms with van der Waals surface area (Å²) in [7, 11) is 3.85. The number of hydrogen-bond acceptors (Lipinski definition) is 18. The standard InChI is InChI=1S/C21H42S18/c22-3-16(31)20(36-8-25)18(34-6-23)14(29)2-15(30)19(35-7-24)21(37-9-26)17(32)5-38-39-10-33-4-11-12(27)1-13(11)28/h11-32H,1-10H2. The molecule has 0 N–H and O–H groups in total. The Morgan fingerprint density at radius 2 is 1.03 bits per heavy atom. The van der Waals surface area contributed by atoms with Gasteiger partial charge < -0.3 is 0 Å². The Morgan fingerprint density at radius 1 is 0.590 bits per heavy atom. The fraction of sp³-hybridized carbons (Fsp3) is 1.00. The zero-order valence-electron chi connectivity index (χ0n) is 21.2. The van der Waals surface area contributed by atoms with Crippen LogP contribution < -0.4 is 0 Å². The number of rotatable bonds is 24. The summed E-state index contributed by atoms with van der Waals surface area (Å²) in [6, 6.07) is 0. The molecule has 0 amide bonds. The maximum atomic E-state index is 5.18. The summed E-state index contributed by atoms with van der Waals surface area (Å²) >= 11 is 61.7. The van der Waals surface area contributed by atoms with Crippen LogP contribution in [0.25, 0.3) is 0 Å². The van der Waals surface area contributed by atoms with Crippen molar-refractivity contribution in [3.05, 3.63) is 0 Å². The van der Waals surface area contributed by atoms with Crippen LogP contribution in [0.3, 0.4) is 0 Å². The van der Waals surface area contributed by atoms with Crippen LogP contribution in [-0.2, 0) is 0 Å². The van der Waals surface area contributed by atoms with Gasteiger partial charge in [0.15, 0.2) is 0 Å². The molecule has 0 aromatic rings. The lowest BCUT2D eigenvalue weighted by Crippen LogP contribution is -2.42. The van der Waals surface area contributed by atoms with Gasteiger partial charge in [0.05, 0.1) is 0 Å². The Hall–Kier alpha value is 6.30. The molecule has 0 aliphatic heterocycles. The zero-order valence-corrected chi connectivity index (χ0v) is 36.8. The van der Waals surface area contributed by atoms with Crippen molar-refractivity contribution in [1.29, 1.82) is 0 Å². The lowest BCUT2D eigenvalue weighted by atomic mass is 9.85. The van der Waals surface area contributed by atoms with Crippen molar-refractivity contribution < 1.29 is 0 Å². The first-order valence-electron chi connectivity index (χ1n) is 12.1. The molecule has 1 aliphatic carbocycles. The Kier molecular flexibility index (Phi) is 29.1. The molecule has 1 aliphatic rings. The molecule has 0 bridgehead atoms. The van der Waals surface area contributed by atoms with E-state index in [0.29, 0.717) is 27.4 Å². The van der Waals surface area contributed by atoms with Gasteiger partial charge in [-0.2, -0.15) is 139 Å². The summed E-state index contributed by atoms with van der Waals surface area (Å²) in [5.41, 5.74) is 0. The van der Waals surface area contributed by atoms with Gasteiger partial charge in [-0.1, -0.05) is 21.6 Å². The fourth-order valence-electron chi connectivity index (χ4n) is 4.01. The van der Waals surface area contributed by atoms with Crippen LogP contribution in [0.5, 0.6) is 0 Å². The minimum absolute atomic E-state index is 0.144. The third-order valence-electron chi connectivity index (χ3n) is 6.14. The van der Waals surface area contributed by atoms with Crippen molar-refractivity contribution in [3.8, 4) is 0 Å². The van der Waals surface area contributed by atoms with E-state index in [-0.39, 0.29) is 36.7 Å². The van der Waals surface area contributed by atoms with Crippen molar-refractivity contribution in [2.24, 2.45) is 5.92 Å². The summed E-state index contributed by atoms with van der Waals surface area (Å²) in [5.74, 6) is 3.47. The summed E-state index contributed by atoms with van der Waals surface area (Å²) < 4.78 is 0. The molecule has 234 valence electrons. The normalized spacial score (nSPS) is 25.8. The lowest BCUT2D eigenvalue weighted by molar-refractivity contribution is 0.391. The molecule has 10 atom stereocenters. The molecule has 0 heterocycles. The van der Waals surface area contributed by atoms with E-state index in [0.717, 1.165) is 49.8 Å². The van der Waals surface area contributed by atoms with Gasteiger partial charge in [-0.05, 0) is 24.5 Å². The van der Waals surface area contributed by atoms with Gasteiger partial charge in [-0.25, -0.2) is 0 Å². The highest BCUT2D eigenvalue weighted by Crippen LogP contribution is 2.43. The fourth-order valence-corrected chi connectivity index (χ4v) is 20.1. The highest BCUT2D eigenvalue weighted by atomic mass is 33.1. The van der Waals surface area contributed by atoms with Crippen molar-refractivity contribution in [1.82, 2.24) is 0 Å². The number of hydrogen-bond donors (Lipinski definition) is 11. The monoisotopic (exact) mass is 870 g/mol. The maximum absolute atomic E-state index is 5.18. The van der Waals surface area contributed by atoms with Crippen LogP contribution in [0.1, 0.15) is 12.8 Å². The molecule has 18 heteroatoms. The predicted molar refractivity (Wildman–Crippen MR) is 242 cm³/mol. The number of thiol groups is 11.